The molecule has 0 saturated carbocycles. The molecule has 9 nitrogen and oxygen atoms in total. The lowest BCUT2D eigenvalue weighted by Gasteiger charge is -2.14. The number of hydrogen-bond donors (Lipinski definition) is 4. The van der Waals surface area contributed by atoms with E-state index in [9.17, 15) is 14.4 Å². The summed E-state index contributed by atoms with van der Waals surface area (Å²) in [6, 6.07) is -2.01. The van der Waals surface area contributed by atoms with Crippen molar-refractivity contribution in [1.29, 1.82) is 0 Å². The summed E-state index contributed by atoms with van der Waals surface area (Å²) in [5.74, 6) is -1.57. The minimum absolute atomic E-state index is 0.0375. The SMILES string of the molecule is CC(C)NC(=O)CNC(=O)NC(C(=O)O)c1cnn(C)c1. The number of amides is 3. The quantitative estimate of drug-likeness (QED) is 0.556. The minimum Gasteiger partial charge on any atom is -0.479 e. The number of carbonyl (C=O) groups excluding carboxylic acids is 2. The molecular formula is C12H19N5O4. The topological polar surface area (TPSA) is 125 Å². The van der Waals surface area contributed by atoms with E-state index in [1.165, 1.54) is 17.1 Å². The van der Waals surface area contributed by atoms with Gasteiger partial charge in [0, 0.05) is 24.8 Å². The van der Waals surface area contributed by atoms with Crippen LogP contribution in [0.4, 0.5) is 4.79 Å². The highest BCUT2D eigenvalue weighted by molar-refractivity contribution is 5.87. The van der Waals surface area contributed by atoms with Gasteiger partial charge in [-0.2, -0.15) is 5.10 Å². The van der Waals surface area contributed by atoms with E-state index in [4.69, 9.17) is 5.11 Å². The molecular weight excluding hydrogens is 278 g/mol. The van der Waals surface area contributed by atoms with Crippen molar-refractivity contribution in [2.75, 3.05) is 6.54 Å². The second-order valence-corrected chi connectivity index (χ2v) is 4.77. The molecule has 1 unspecified atom stereocenters. The first kappa shape index (κ1) is 16.5. The molecule has 116 valence electrons. The average molecular weight is 297 g/mol. The summed E-state index contributed by atoms with van der Waals surface area (Å²) in [5, 5.41) is 20.1. The van der Waals surface area contributed by atoms with Crippen LogP contribution in [0.1, 0.15) is 25.5 Å². The number of carboxylic acid groups (broad SMARTS) is 1. The molecule has 1 rings (SSSR count). The van der Waals surface area contributed by atoms with Crippen LogP contribution in [0.2, 0.25) is 0 Å². The van der Waals surface area contributed by atoms with E-state index in [-0.39, 0.29) is 18.5 Å². The molecule has 1 atom stereocenters. The summed E-state index contributed by atoms with van der Waals surface area (Å²) in [4.78, 5) is 34.2. The van der Waals surface area contributed by atoms with Gasteiger partial charge in [0.1, 0.15) is 0 Å². The standard InChI is InChI=1S/C12H19N5O4/c1-7(2)15-9(18)5-13-12(21)16-10(11(19)20)8-4-14-17(3)6-8/h4,6-7,10H,5H2,1-3H3,(H,15,18)(H,19,20)(H2,13,16,21). The zero-order valence-electron chi connectivity index (χ0n) is 12.1. The average Bonchev–Trinajstić information content (AvgIpc) is 2.78. The summed E-state index contributed by atoms with van der Waals surface area (Å²) < 4.78 is 1.43. The second-order valence-electron chi connectivity index (χ2n) is 4.77. The van der Waals surface area contributed by atoms with Gasteiger partial charge in [-0.15, -0.1) is 0 Å². The van der Waals surface area contributed by atoms with Crippen LogP contribution in [-0.2, 0) is 16.6 Å². The van der Waals surface area contributed by atoms with Crippen molar-refractivity contribution in [2.45, 2.75) is 25.9 Å². The molecule has 0 spiro atoms. The molecule has 0 saturated heterocycles. The number of hydrogen-bond acceptors (Lipinski definition) is 4. The van der Waals surface area contributed by atoms with E-state index >= 15 is 0 Å². The normalized spacial score (nSPS) is 11.8. The fourth-order valence-electron chi connectivity index (χ4n) is 1.59. The number of carbonyl (C=O) groups is 3. The predicted octanol–water partition coefficient (Wildman–Crippen LogP) is -0.630. The molecule has 0 radical (unpaired) electrons. The Morgan fingerprint density at radius 3 is 2.48 bits per heavy atom. The fraction of sp³-hybridized carbons (Fsp3) is 0.500. The lowest BCUT2D eigenvalue weighted by Crippen LogP contribution is -2.45. The Bertz CT molecular complexity index is 525. The molecule has 1 heterocycles. The van der Waals surface area contributed by atoms with Crippen LogP contribution in [0.25, 0.3) is 0 Å². The first-order chi connectivity index (χ1) is 9.79. The van der Waals surface area contributed by atoms with E-state index in [2.05, 4.69) is 21.0 Å². The zero-order chi connectivity index (χ0) is 16.0. The third kappa shape index (κ3) is 5.51. The van der Waals surface area contributed by atoms with Gasteiger partial charge in [-0.25, -0.2) is 9.59 Å². The molecule has 0 aliphatic rings. The monoisotopic (exact) mass is 297 g/mol. The molecule has 0 aliphatic heterocycles. The molecule has 1 aromatic rings. The summed E-state index contributed by atoms with van der Waals surface area (Å²) in [7, 11) is 1.64. The third-order valence-electron chi connectivity index (χ3n) is 2.44. The van der Waals surface area contributed by atoms with E-state index < -0.39 is 18.0 Å². The predicted molar refractivity (Wildman–Crippen MR) is 73.4 cm³/mol. The second kappa shape index (κ2) is 7.27. The molecule has 0 aromatic carbocycles. The summed E-state index contributed by atoms with van der Waals surface area (Å²) in [5.41, 5.74) is 0.340. The van der Waals surface area contributed by atoms with Crippen molar-refractivity contribution in [3.63, 3.8) is 0 Å². The van der Waals surface area contributed by atoms with Crippen molar-refractivity contribution in [1.82, 2.24) is 25.7 Å². The third-order valence-corrected chi connectivity index (χ3v) is 2.44. The van der Waals surface area contributed by atoms with Crippen LogP contribution < -0.4 is 16.0 Å². The highest BCUT2D eigenvalue weighted by Crippen LogP contribution is 2.11. The van der Waals surface area contributed by atoms with Gasteiger partial charge >= 0.3 is 12.0 Å². The molecule has 21 heavy (non-hydrogen) atoms. The largest absolute Gasteiger partial charge is 0.479 e. The van der Waals surface area contributed by atoms with Gasteiger partial charge < -0.3 is 21.1 Å². The van der Waals surface area contributed by atoms with Gasteiger partial charge in [0.15, 0.2) is 6.04 Å². The van der Waals surface area contributed by atoms with Crippen LogP contribution in [0, 0.1) is 0 Å². The van der Waals surface area contributed by atoms with Crippen LogP contribution >= 0.6 is 0 Å². The number of nitrogens with zero attached hydrogens (tertiary/aromatic N) is 2. The van der Waals surface area contributed by atoms with E-state index in [0.29, 0.717) is 5.56 Å². The van der Waals surface area contributed by atoms with Gasteiger partial charge in [-0.1, -0.05) is 0 Å². The van der Waals surface area contributed by atoms with Gasteiger partial charge in [-0.3, -0.25) is 9.48 Å². The number of urea groups is 1. The Balaban J connectivity index is 2.54. The summed E-state index contributed by atoms with van der Waals surface area (Å²) in [6.45, 7) is 3.35. The van der Waals surface area contributed by atoms with Gasteiger partial charge in [0.25, 0.3) is 0 Å². The maximum atomic E-state index is 11.6. The lowest BCUT2D eigenvalue weighted by molar-refractivity contribution is -0.139. The smallest absolute Gasteiger partial charge is 0.331 e. The molecule has 3 amide bonds. The van der Waals surface area contributed by atoms with Crippen molar-refractivity contribution in [3.8, 4) is 0 Å². The Morgan fingerprint density at radius 2 is 2.00 bits per heavy atom. The molecule has 0 aliphatic carbocycles. The van der Waals surface area contributed by atoms with Crippen molar-refractivity contribution >= 4 is 17.9 Å². The van der Waals surface area contributed by atoms with E-state index in [1.807, 2.05) is 0 Å². The highest BCUT2D eigenvalue weighted by Gasteiger charge is 2.23. The Labute approximate surface area is 121 Å². The number of aryl methyl sites for hydroxylation is 1. The maximum absolute atomic E-state index is 11.6. The summed E-state index contributed by atoms with van der Waals surface area (Å²) in [6.07, 6.45) is 2.84. The highest BCUT2D eigenvalue weighted by atomic mass is 16.4. The lowest BCUT2D eigenvalue weighted by atomic mass is 10.1. The molecule has 9 heteroatoms. The van der Waals surface area contributed by atoms with Crippen molar-refractivity contribution in [2.24, 2.45) is 7.05 Å². The fourth-order valence-corrected chi connectivity index (χ4v) is 1.59. The number of nitrogens with one attached hydrogen (secondary N) is 3. The minimum atomic E-state index is -1.23. The first-order valence-corrected chi connectivity index (χ1v) is 6.34. The molecule has 0 bridgehead atoms. The molecule has 4 N–H and O–H groups in total. The number of aromatic nitrogens is 2. The van der Waals surface area contributed by atoms with Gasteiger partial charge in [-0.05, 0) is 13.8 Å². The Morgan fingerprint density at radius 1 is 1.33 bits per heavy atom. The van der Waals surface area contributed by atoms with Crippen molar-refractivity contribution in [3.05, 3.63) is 18.0 Å². The number of carboxylic acids is 1. The zero-order valence-corrected chi connectivity index (χ0v) is 12.1. The Hall–Kier alpha value is -2.58. The summed E-state index contributed by atoms with van der Waals surface area (Å²) >= 11 is 0. The van der Waals surface area contributed by atoms with Gasteiger partial charge in [0.05, 0.1) is 12.7 Å². The van der Waals surface area contributed by atoms with Gasteiger partial charge in [0.2, 0.25) is 5.91 Å². The van der Waals surface area contributed by atoms with Crippen LogP contribution in [0.3, 0.4) is 0 Å². The Kier molecular flexibility index (Phi) is 5.70. The van der Waals surface area contributed by atoms with Crippen LogP contribution in [0.15, 0.2) is 12.4 Å². The van der Waals surface area contributed by atoms with Crippen LogP contribution in [0.5, 0.6) is 0 Å². The molecule has 0 fully saturated rings. The maximum Gasteiger partial charge on any atom is 0.331 e. The first-order valence-electron chi connectivity index (χ1n) is 6.34. The van der Waals surface area contributed by atoms with Crippen LogP contribution in [-0.4, -0.2) is 45.4 Å². The molecule has 1 aromatic heterocycles. The number of aliphatic carboxylic acids is 1. The van der Waals surface area contributed by atoms with Crippen molar-refractivity contribution < 1.29 is 19.5 Å². The van der Waals surface area contributed by atoms with E-state index in [1.54, 1.807) is 20.9 Å². The van der Waals surface area contributed by atoms with E-state index in [0.717, 1.165) is 0 Å². The number of rotatable bonds is 6.